The van der Waals surface area contributed by atoms with Gasteiger partial charge in [0.05, 0.1) is 0 Å². The van der Waals surface area contributed by atoms with Crippen LogP contribution in [0.15, 0.2) is 6.07 Å². The molecule has 1 saturated carbocycles. The van der Waals surface area contributed by atoms with Crippen molar-refractivity contribution in [2.75, 3.05) is 0 Å². The molecule has 0 bridgehead atoms. The quantitative estimate of drug-likeness (QED) is 0.840. The van der Waals surface area contributed by atoms with Crippen molar-refractivity contribution in [1.82, 2.24) is 0 Å². The highest BCUT2D eigenvalue weighted by molar-refractivity contribution is 7.12. The first-order valence-corrected chi connectivity index (χ1v) is 7.92. The molecule has 0 saturated heterocycles. The van der Waals surface area contributed by atoms with Crippen LogP contribution in [0.5, 0.6) is 0 Å². The molecule has 0 radical (unpaired) electrons. The lowest BCUT2D eigenvalue weighted by molar-refractivity contribution is 0.258. The number of fused-ring (bicyclic) bond motifs is 1. The Labute approximate surface area is 108 Å². The van der Waals surface area contributed by atoms with Crippen molar-refractivity contribution in [3.63, 3.8) is 0 Å². The van der Waals surface area contributed by atoms with E-state index in [4.69, 9.17) is 5.73 Å². The van der Waals surface area contributed by atoms with Crippen molar-refractivity contribution in [3.05, 3.63) is 21.4 Å². The third kappa shape index (κ3) is 2.30. The van der Waals surface area contributed by atoms with Gasteiger partial charge in [-0.05, 0) is 55.6 Å². The molecular weight excluding hydrogens is 226 g/mol. The molecule has 0 aliphatic heterocycles. The maximum atomic E-state index is 6.49. The molecule has 1 atom stereocenters. The van der Waals surface area contributed by atoms with E-state index in [1.54, 1.807) is 10.4 Å². The largest absolute Gasteiger partial charge is 0.323 e. The molecule has 1 fully saturated rings. The van der Waals surface area contributed by atoms with E-state index in [9.17, 15) is 0 Å². The lowest BCUT2D eigenvalue weighted by Crippen LogP contribution is -2.24. The van der Waals surface area contributed by atoms with Gasteiger partial charge in [-0.2, -0.15) is 0 Å². The summed E-state index contributed by atoms with van der Waals surface area (Å²) in [5.74, 6) is 1.66. The molecule has 3 rings (SSSR count). The summed E-state index contributed by atoms with van der Waals surface area (Å²) >= 11 is 2.00. The number of nitrogens with two attached hydrogens (primary N) is 1. The topological polar surface area (TPSA) is 26.0 Å². The maximum absolute atomic E-state index is 6.49. The van der Waals surface area contributed by atoms with E-state index >= 15 is 0 Å². The van der Waals surface area contributed by atoms with Gasteiger partial charge in [0.1, 0.15) is 0 Å². The first-order valence-electron chi connectivity index (χ1n) is 7.11. The zero-order chi connectivity index (χ0) is 11.8. The minimum Gasteiger partial charge on any atom is -0.323 e. The fourth-order valence-electron chi connectivity index (χ4n) is 3.39. The van der Waals surface area contributed by atoms with E-state index in [0.717, 1.165) is 11.8 Å². The highest BCUT2D eigenvalue weighted by Crippen LogP contribution is 2.40. The number of hydrogen-bond acceptors (Lipinski definition) is 2. The molecule has 1 heterocycles. The minimum atomic E-state index is 0.318. The number of thiophene rings is 1. The average Bonchev–Trinajstić information content (AvgIpc) is 2.89. The summed E-state index contributed by atoms with van der Waals surface area (Å²) in [6.07, 6.45) is 9.38. The second-order valence-electron chi connectivity index (χ2n) is 6.00. The predicted molar refractivity (Wildman–Crippen MR) is 74.4 cm³/mol. The summed E-state index contributed by atoms with van der Waals surface area (Å²) in [5, 5.41) is 0. The van der Waals surface area contributed by atoms with Crippen molar-refractivity contribution >= 4 is 11.3 Å². The van der Waals surface area contributed by atoms with Crippen LogP contribution in [0.25, 0.3) is 0 Å². The molecular formula is C15H23NS. The van der Waals surface area contributed by atoms with Crippen LogP contribution in [0, 0.1) is 11.8 Å². The van der Waals surface area contributed by atoms with Crippen LogP contribution >= 0.6 is 11.3 Å². The normalized spacial score (nSPS) is 30.2. The first-order chi connectivity index (χ1) is 8.24. The average molecular weight is 249 g/mol. The van der Waals surface area contributed by atoms with E-state index in [1.807, 2.05) is 11.3 Å². The van der Waals surface area contributed by atoms with Gasteiger partial charge in [0, 0.05) is 15.8 Å². The second-order valence-corrected chi connectivity index (χ2v) is 7.16. The van der Waals surface area contributed by atoms with E-state index in [0.29, 0.717) is 6.04 Å². The number of rotatable bonds is 2. The molecule has 0 spiro atoms. The van der Waals surface area contributed by atoms with Crippen molar-refractivity contribution < 1.29 is 0 Å². The molecule has 2 aliphatic carbocycles. The minimum absolute atomic E-state index is 0.318. The van der Waals surface area contributed by atoms with Gasteiger partial charge in [-0.25, -0.2) is 0 Å². The molecule has 1 aromatic heterocycles. The zero-order valence-electron chi connectivity index (χ0n) is 10.7. The summed E-state index contributed by atoms with van der Waals surface area (Å²) in [5.41, 5.74) is 8.09. The van der Waals surface area contributed by atoms with Crippen LogP contribution < -0.4 is 5.73 Å². The Morgan fingerprint density at radius 2 is 2.00 bits per heavy atom. The van der Waals surface area contributed by atoms with Crippen LogP contribution in [0.2, 0.25) is 0 Å². The van der Waals surface area contributed by atoms with E-state index in [2.05, 4.69) is 13.0 Å². The van der Waals surface area contributed by atoms with Crippen molar-refractivity contribution in [2.45, 2.75) is 57.9 Å². The van der Waals surface area contributed by atoms with Gasteiger partial charge in [-0.15, -0.1) is 11.3 Å². The SMILES string of the molecule is CC1CCC(C(N)c2cc3c(s2)CCC3)CC1. The summed E-state index contributed by atoms with van der Waals surface area (Å²) < 4.78 is 0. The van der Waals surface area contributed by atoms with Crippen molar-refractivity contribution in [2.24, 2.45) is 17.6 Å². The molecule has 2 N–H and O–H groups in total. The van der Waals surface area contributed by atoms with Gasteiger partial charge in [-0.1, -0.05) is 19.8 Å². The van der Waals surface area contributed by atoms with Crippen LogP contribution in [0.1, 0.15) is 60.4 Å². The van der Waals surface area contributed by atoms with Crippen molar-refractivity contribution in [3.8, 4) is 0 Å². The Morgan fingerprint density at radius 3 is 2.71 bits per heavy atom. The Morgan fingerprint density at radius 1 is 1.24 bits per heavy atom. The molecule has 17 heavy (non-hydrogen) atoms. The molecule has 94 valence electrons. The highest BCUT2D eigenvalue weighted by atomic mass is 32.1. The van der Waals surface area contributed by atoms with Gasteiger partial charge in [0.2, 0.25) is 0 Å². The van der Waals surface area contributed by atoms with Crippen LogP contribution in [-0.4, -0.2) is 0 Å². The smallest absolute Gasteiger partial charge is 0.0418 e. The standard InChI is InChI=1S/C15H23NS/c1-10-5-7-11(8-6-10)15(16)14-9-12-3-2-4-13(12)17-14/h9-11,15H,2-8,16H2,1H3. The fraction of sp³-hybridized carbons (Fsp3) is 0.733. The summed E-state index contributed by atoms with van der Waals surface area (Å²) in [4.78, 5) is 3.09. The predicted octanol–water partition coefficient (Wildman–Crippen LogP) is 4.06. The van der Waals surface area contributed by atoms with E-state index < -0.39 is 0 Å². The van der Waals surface area contributed by atoms with Gasteiger partial charge >= 0.3 is 0 Å². The molecule has 1 aromatic rings. The van der Waals surface area contributed by atoms with Gasteiger partial charge in [0.15, 0.2) is 0 Å². The molecule has 2 heteroatoms. The Kier molecular flexibility index (Phi) is 3.27. The Bertz CT molecular complexity index is 366. The van der Waals surface area contributed by atoms with Gasteiger partial charge in [0.25, 0.3) is 0 Å². The summed E-state index contributed by atoms with van der Waals surface area (Å²) in [6.45, 7) is 2.38. The molecule has 1 nitrogen and oxygen atoms in total. The van der Waals surface area contributed by atoms with Crippen LogP contribution in [0.4, 0.5) is 0 Å². The third-order valence-electron chi connectivity index (χ3n) is 4.66. The van der Waals surface area contributed by atoms with Gasteiger partial charge < -0.3 is 5.73 Å². The van der Waals surface area contributed by atoms with E-state index in [1.165, 1.54) is 49.8 Å². The third-order valence-corrected chi connectivity index (χ3v) is 6.00. The molecule has 1 unspecified atom stereocenters. The second kappa shape index (κ2) is 4.74. The molecule has 0 amide bonds. The first kappa shape index (κ1) is 11.7. The lowest BCUT2D eigenvalue weighted by atomic mass is 9.79. The highest BCUT2D eigenvalue weighted by Gasteiger charge is 2.27. The Hall–Kier alpha value is -0.340. The van der Waals surface area contributed by atoms with Gasteiger partial charge in [-0.3, -0.25) is 0 Å². The lowest BCUT2D eigenvalue weighted by Gasteiger charge is -2.30. The maximum Gasteiger partial charge on any atom is 0.0418 e. The molecule has 2 aliphatic rings. The summed E-state index contributed by atoms with van der Waals surface area (Å²) in [6, 6.07) is 2.73. The van der Waals surface area contributed by atoms with Crippen LogP contribution in [-0.2, 0) is 12.8 Å². The molecule has 0 aromatic carbocycles. The van der Waals surface area contributed by atoms with Crippen LogP contribution in [0.3, 0.4) is 0 Å². The Balaban J connectivity index is 1.70. The number of hydrogen-bond donors (Lipinski definition) is 1. The van der Waals surface area contributed by atoms with E-state index in [-0.39, 0.29) is 0 Å². The fourth-order valence-corrected chi connectivity index (χ4v) is 4.75. The monoisotopic (exact) mass is 249 g/mol. The number of aryl methyl sites for hydroxylation is 2. The summed E-state index contributed by atoms with van der Waals surface area (Å²) in [7, 11) is 0. The van der Waals surface area contributed by atoms with Crippen molar-refractivity contribution in [1.29, 1.82) is 0 Å². The zero-order valence-corrected chi connectivity index (χ0v) is 11.6.